The molecular weight excluding hydrogens is 847 g/mol. The maximum atomic E-state index is 15.7. The van der Waals surface area contributed by atoms with Gasteiger partial charge in [-0.05, 0) is 95.4 Å². The minimum atomic E-state index is -2.59. The number of para-hydroxylation sites is 3. The molecule has 0 saturated carbocycles. The molecule has 0 unspecified atom stereocenters. The van der Waals surface area contributed by atoms with Crippen molar-refractivity contribution in [2.75, 3.05) is 30.6 Å². The molecule has 0 bridgehead atoms. The molecule has 10 rings (SSSR count). The van der Waals surface area contributed by atoms with Crippen LogP contribution in [0.2, 0.25) is 18.6 Å². The van der Waals surface area contributed by atoms with E-state index in [9.17, 15) is 14.7 Å². The number of anilines is 3. The molecule has 12 heteroatoms. The van der Waals surface area contributed by atoms with Crippen molar-refractivity contribution < 1.29 is 38.4 Å². The van der Waals surface area contributed by atoms with Crippen LogP contribution in [-0.2, 0) is 39.4 Å². The average Bonchev–Trinajstić information content (AvgIpc) is 3.71. The second kappa shape index (κ2) is 16.9. The molecule has 11 nitrogen and oxygen atoms in total. The number of nitrogens with zero attached hydrogens (tertiary/aromatic N) is 3. The molecular formula is C54H53N3O8Si. The molecule has 5 atom stereocenters. The van der Waals surface area contributed by atoms with Gasteiger partial charge in [0.25, 0.3) is 11.8 Å². The molecule has 1 N–H and O–H groups in total. The standard InChI is InChI=1S/C54H53N3O8Si/c1-34-51(66(4,5)42-25-22-40(62-2)23-26-42)49(30-50(59)55-32-37-13-7-6-12-36(37)28-39(55)33-58)65-54(34)44-29-41(63-3)24-27-45(44)56(53(54)61)31-35-18-20-38(21-19-35)57-46-15-9-11-17-48(46)64-47-16-10-8-14-43(47)52(57)60/h6-27,29,34,39,49,51,58H,28,30-33H2,1-5H3/t34-,39+,49+,51-,54+/m1/s1. The monoisotopic (exact) mass is 899 g/mol. The highest BCUT2D eigenvalue weighted by molar-refractivity contribution is 6.91. The van der Waals surface area contributed by atoms with Gasteiger partial charge >= 0.3 is 0 Å². The summed E-state index contributed by atoms with van der Waals surface area (Å²) in [4.78, 5) is 49.9. The highest BCUT2D eigenvalue weighted by atomic mass is 28.3. The molecule has 1 spiro atoms. The van der Waals surface area contributed by atoms with E-state index < -0.39 is 19.8 Å². The van der Waals surface area contributed by atoms with Crippen molar-refractivity contribution in [1.82, 2.24) is 4.90 Å². The van der Waals surface area contributed by atoms with Gasteiger partial charge < -0.3 is 33.9 Å². The van der Waals surface area contributed by atoms with Crippen LogP contribution in [0.3, 0.4) is 0 Å². The number of fused-ring (bicyclic) bond motifs is 5. The van der Waals surface area contributed by atoms with E-state index in [1.807, 2.05) is 109 Å². The Balaban J connectivity index is 1.01. The minimum Gasteiger partial charge on any atom is -0.497 e. The van der Waals surface area contributed by atoms with Crippen LogP contribution in [0.5, 0.6) is 23.0 Å². The molecule has 4 aliphatic heterocycles. The molecule has 1 fully saturated rings. The zero-order valence-electron chi connectivity index (χ0n) is 37.8. The van der Waals surface area contributed by atoms with Gasteiger partial charge in [0.2, 0.25) is 5.91 Å². The van der Waals surface area contributed by atoms with Crippen molar-refractivity contribution >= 4 is 48.0 Å². The molecule has 4 aliphatic rings. The average molecular weight is 900 g/mol. The molecule has 6 aromatic carbocycles. The van der Waals surface area contributed by atoms with Crippen LogP contribution in [-0.4, -0.2) is 68.8 Å². The second-order valence-corrected chi connectivity index (χ2v) is 23.0. The van der Waals surface area contributed by atoms with E-state index in [0.717, 1.165) is 27.6 Å². The Morgan fingerprint density at radius 1 is 0.788 bits per heavy atom. The zero-order chi connectivity index (χ0) is 45.9. The summed E-state index contributed by atoms with van der Waals surface area (Å²) in [6, 6.07) is 44.0. The zero-order valence-corrected chi connectivity index (χ0v) is 38.8. The number of hydrogen-bond donors (Lipinski definition) is 1. The fourth-order valence-corrected chi connectivity index (χ4v) is 15.1. The number of amides is 3. The van der Waals surface area contributed by atoms with Gasteiger partial charge in [0.05, 0.1) is 70.9 Å². The smallest absolute Gasteiger partial charge is 0.266 e. The van der Waals surface area contributed by atoms with E-state index in [1.54, 1.807) is 41.1 Å². The summed E-state index contributed by atoms with van der Waals surface area (Å²) in [5.41, 5.74) is 4.57. The lowest BCUT2D eigenvalue weighted by Crippen LogP contribution is -2.52. The van der Waals surface area contributed by atoms with E-state index in [0.29, 0.717) is 58.4 Å². The van der Waals surface area contributed by atoms with Crippen LogP contribution in [0.4, 0.5) is 17.1 Å². The summed E-state index contributed by atoms with van der Waals surface area (Å²) in [5.74, 6) is 1.51. The molecule has 3 amide bonds. The number of aliphatic hydroxyl groups is 1. The van der Waals surface area contributed by atoms with Gasteiger partial charge in [0, 0.05) is 23.7 Å². The van der Waals surface area contributed by atoms with Crippen LogP contribution in [0.1, 0.15) is 46.0 Å². The molecule has 0 radical (unpaired) electrons. The number of hydrogen-bond acceptors (Lipinski definition) is 8. The molecule has 6 aromatic rings. The largest absolute Gasteiger partial charge is 0.497 e. The first kappa shape index (κ1) is 43.2. The number of methoxy groups -OCH3 is 2. The Bertz CT molecular complexity index is 2850. The summed E-state index contributed by atoms with van der Waals surface area (Å²) >= 11 is 0. The van der Waals surface area contributed by atoms with Crippen molar-refractivity contribution in [3.63, 3.8) is 0 Å². The van der Waals surface area contributed by atoms with Gasteiger partial charge in [-0.25, -0.2) is 0 Å². The SMILES string of the molecule is COc1ccc([Si](C)(C)[C@H]2[C@H](CC(=O)N3Cc4ccccc4C[C@H]3CO)O[C@@]3(C(=O)N(Cc4ccc(N5C(=O)c6ccccc6Oc6ccccc65)cc4)c4ccc(OC)cc43)[C@@H]2C)cc1. The van der Waals surface area contributed by atoms with Crippen molar-refractivity contribution in [3.8, 4) is 23.0 Å². The Kier molecular flexibility index (Phi) is 11.1. The summed E-state index contributed by atoms with van der Waals surface area (Å²) in [5, 5.41) is 11.7. The highest BCUT2D eigenvalue weighted by Crippen LogP contribution is 2.61. The van der Waals surface area contributed by atoms with Crippen molar-refractivity contribution in [2.24, 2.45) is 5.92 Å². The Morgan fingerprint density at radius 2 is 1.45 bits per heavy atom. The van der Waals surface area contributed by atoms with Crippen LogP contribution in [0.25, 0.3) is 0 Å². The normalized spacial score (nSPS) is 22.0. The summed E-state index contributed by atoms with van der Waals surface area (Å²) < 4.78 is 24.9. The van der Waals surface area contributed by atoms with E-state index in [1.165, 1.54) is 0 Å². The number of rotatable bonds is 10. The van der Waals surface area contributed by atoms with Crippen LogP contribution < -0.4 is 29.2 Å². The van der Waals surface area contributed by atoms with E-state index in [2.05, 4.69) is 38.2 Å². The highest BCUT2D eigenvalue weighted by Gasteiger charge is 2.66. The van der Waals surface area contributed by atoms with Gasteiger partial charge in [0.15, 0.2) is 11.4 Å². The van der Waals surface area contributed by atoms with E-state index in [-0.39, 0.29) is 54.8 Å². The maximum Gasteiger partial charge on any atom is 0.266 e. The summed E-state index contributed by atoms with van der Waals surface area (Å²) in [7, 11) is 0.667. The number of aliphatic hydroxyl groups excluding tert-OH is 1. The number of carbonyl (C=O) groups excluding carboxylic acids is 3. The molecule has 66 heavy (non-hydrogen) atoms. The number of carbonyl (C=O) groups is 3. The maximum absolute atomic E-state index is 15.7. The van der Waals surface area contributed by atoms with Crippen molar-refractivity contribution in [3.05, 3.63) is 167 Å². The molecule has 4 heterocycles. The van der Waals surface area contributed by atoms with Crippen molar-refractivity contribution in [2.45, 2.75) is 69.2 Å². The van der Waals surface area contributed by atoms with Gasteiger partial charge in [-0.15, -0.1) is 0 Å². The molecule has 0 aliphatic carbocycles. The topological polar surface area (TPSA) is 118 Å². The first-order chi connectivity index (χ1) is 32.0. The van der Waals surface area contributed by atoms with Gasteiger partial charge in [0.1, 0.15) is 17.2 Å². The third-order valence-electron chi connectivity index (χ3n) is 14.5. The molecule has 336 valence electrons. The van der Waals surface area contributed by atoms with Gasteiger partial charge in [-0.1, -0.05) is 98.0 Å². The molecule has 0 aromatic heterocycles. The fourth-order valence-electron chi connectivity index (χ4n) is 11.1. The first-order valence-electron chi connectivity index (χ1n) is 22.6. The number of benzene rings is 6. The van der Waals surface area contributed by atoms with E-state index >= 15 is 4.79 Å². The van der Waals surface area contributed by atoms with Gasteiger partial charge in [-0.2, -0.15) is 0 Å². The third kappa shape index (κ3) is 7.06. The van der Waals surface area contributed by atoms with Crippen LogP contribution in [0.15, 0.2) is 140 Å². The van der Waals surface area contributed by atoms with Crippen molar-refractivity contribution in [1.29, 1.82) is 0 Å². The lowest BCUT2D eigenvalue weighted by molar-refractivity contribution is -0.151. The predicted octanol–water partition coefficient (Wildman–Crippen LogP) is 8.89. The van der Waals surface area contributed by atoms with Gasteiger partial charge in [-0.3, -0.25) is 19.3 Å². The molecule has 1 saturated heterocycles. The Hall–Kier alpha value is -6.73. The predicted molar refractivity (Wildman–Crippen MR) is 256 cm³/mol. The third-order valence-corrected chi connectivity index (χ3v) is 18.8. The number of ether oxygens (including phenoxy) is 4. The lowest BCUT2D eigenvalue weighted by atomic mass is 9.82. The summed E-state index contributed by atoms with van der Waals surface area (Å²) in [6.45, 7) is 7.17. The minimum absolute atomic E-state index is 0.0456. The first-order valence-corrected chi connectivity index (χ1v) is 25.6. The van der Waals surface area contributed by atoms with Crippen LogP contribution >= 0.6 is 0 Å². The lowest BCUT2D eigenvalue weighted by Gasteiger charge is -2.39. The fraction of sp³-hybridized carbons (Fsp3) is 0.278. The quantitative estimate of drug-likeness (QED) is 0.136. The van der Waals surface area contributed by atoms with Crippen LogP contribution in [0, 0.1) is 5.92 Å². The Morgan fingerprint density at radius 3 is 2.18 bits per heavy atom. The van der Waals surface area contributed by atoms with E-state index in [4.69, 9.17) is 18.9 Å². The Labute approximate surface area is 386 Å². The second-order valence-electron chi connectivity index (χ2n) is 18.3. The summed E-state index contributed by atoms with van der Waals surface area (Å²) in [6.07, 6.45) is -0.0202.